The molecule has 0 radical (unpaired) electrons. The van der Waals surface area contributed by atoms with Crippen molar-refractivity contribution in [2.75, 3.05) is 20.6 Å². The Bertz CT molecular complexity index is 178. The zero-order valence-electron chi connectivity index (χ0n) is 9.02. The van der Waals surface area contributed by atoms with Gasteiger partial charge in [-0.25, -0.2) is 0 Å². The van der Waals surface area contributed by atoms with Crippen molar-refractivity contribution >= 4 is 21.8 Å². The number of amides is 1. The molecule has 0 heterocycles. The molecule has 0 aliphatic heterocycles. The van der Waals surface area contributed by atoms with Crippen LogP contribution in [-0.4, -0.2) is 41.8 Å². The number of hydrogen-bond acceptors (Lipinski definition) is 2. The number of halogens is 1. The van der Waals surface area contributed by atoms with Gasteiger partial charge in [0.05, 0.1) is 4.83 Å². The maximum absolute atomic E-state index is 11.2. The third-order valence-electron chi connectivity index (χ3n) is 2.27. The molecule has 0 fully saturated rings. The van der Waals surface area contributed by atoms with E-state index >= 15 is 0 Å². The minimum atomic E-state index is -0.120. The van der Waals surface area contributed by atoms with E-state index in [0.717, 1.165) is 0 Å². The Morgan fingerprint density at radius 1 is 1.54 bits per heavy atom. The smallest absolute Gasteiger partial charge is 0.233 e. The third kappa shape index (κ3) is 4.62. The summed E-state index contributed by atoms with van der Waals surface area (Å²) in [5.41, 5.74) is -0.00243. The van der Waals surface area contributed by atoms with Crippen molar-refractivity contribution in [1.29, 1.82) is 0 Å². The van der Waals surface area contributed by atoms with Crippen LogP contribution < -0.4 is 5.32 Å². The Kier molecular flexibility index (Phi) is 4.92. The Hall–Kier alpha value is -0.0900. The van der Waals surface area contributed by atoms with Gasteiger partial charge in [0, 0.05) is 12.1 Å². The SMILES string of the molecule is CC(Br)C(=O)NCC(C)(C)N(C)C. The third-order valence-corrected chi connectivity index (χ3v) is 2.68. The van der Waals surface area contributed by atoms with Crippen LogP contribution in [0.5, 0.6) is 0 Å². The van der Waals surface area contributed by atoms with Gasteiger partial charge in [0.1, 0.15) is 0 Å². The van der Waals surface area contributed by atoms with Gasteiger partial charge < -0.3 is 10.2 Å². The summed E-state index contributed by atoms with van der Waals surface area (Å²) >= 11 is 3.22. The van der Waals surface area contributed by atoms with Gasteiger partial charge in [-0.3, -0.25) is 4.79 Å². The second-order valence-corrected chi connectivity index (χ2v) is 5.41. The standard InChI is InChI=1S/C9H19BrN2O/c1-7(10)8(13)11-6-9(2,3)12(4)5/h7H,6H2,1-5H3,(H,11,13). The molecule has 0 aromatic rings. The van der Waals surface area contributed by atoms with Crippen molar-refractivity contribution in [2.24, 2.45) is 0 Å². The number of carbonyl (C=O) groups is 1. The second kappa shape index (κ2) is 4.96. The van der Waals surface area contributed by atoms with Crippen LogP contribution in [0.1, 0.15) is 20.8 Å². The van der Waals surface area contributed by atoms with E-state index in [4.69, 9.17) is 0 Å². The van der Waals surface area contributed by atoms with Crippen LogP contribution in [0.15, 0.2) is 0 Å². The first-order valence-corrected chi connectivity index (χ1v) is 5.28. The van der Waals surface area contributed by atoms with Crippen LogP contribution in [0.2, 0.25) is 0 Å². The molecular weight excluding hydrogens is 232 g/mol. The minimum Gasteiger partial charge on any atom is -0.353 e. The monoisotopic (exact) mass is 250 g/mol. The van der Waals surface area contributed by atoms with Crippen molar-refractivity contribution in [2.45, 2.75) is 31.1 Å². The van der Waals surface area contributed by atoms with E-state index in [1.165, 1.54) is 0 Å². The first kappa shape index (κ1) is 12.9. The molecule has 1 N–H and O–H groups in total. The van der Waals surface area contributed by atoms with Crippen LogP contribution in [-0.2, 0) is 4.79 Å². The highest BCUT2D eigenvalue weighted by molar-refractivity contribution is 9.10. The number of hydrogen-bond donors (Lipinski definition) is 1. The van der Waals surface area contributed by atoms with Crippen LogP contribution in [0.3, 0.4) is 0 Å². The average Bonchev–Trinajstić information content (AvgIpc) is 1.99. The number of alkyl halides is 1. The molecule has 0 saturated heterocycles. The topological polar surface area (TPSA) is 32.3 Å². The minimum absolute atomic E-state index is 0.00243. The largest absolute Gasteiger partial charge is 0.353 e. The molecule has 0 aromatic carbocycles. The van der Waals surface area contributed by atoms with E-state index in [1.54, 1.807) is 0 Å². The van der Waals surface area contributed by atoms with Gasteiger partial charge in [0.2, 0.25) is 5.91 Å². The molecule has 0 rings (SSSR count). The molecule has 0 aliphatic carbocycles. The highest BCUT2D eigenvalue weighted by Gasteiger charge is 2.21. The van der Waals surface area contributed by atoms with Gasteiger partial charge in [-0.15, -0.1) is 0 Å². The molecular formula is C9H19BrN2O. The lowest BCUT2D eigenvalue weighted by molar-refractivity contribution is -0.120. The van der Waals surface area contributed by atoms with Gasteiger partial charge in [0.15, 0.2) is 0 Å². The maximum atomic E-state index is 11.2. The summed E-state index contributed by atoms with van der Waals surface area (Å²) < 4.78 is 0. The summed E-state index contributed by atoms with van der Waals surface area (Å²) in [6.45, 7) is 6.66. The van der Waals surface area contributed by atoms with E-state index in [2.05, 4.69) is 40.0 Å². The first-order valence-electron chi connectivity index (χ1n) is 4.36. The number of likely N-dealkylation sites (N-methyl/N-ethyl adjacent to an activating group) is 1. The number of nitrogens with zero attached hydrogens (tertiary/aromatic N) is 1. The Labute approximate surface area is 89.0 Å². The number of nitrogens with one attached hydrogen (secondary N) is 1. The van der Waals surface area contributed by atoms with Crippen LogP contribution in [0, 0.1) is 0 Å². The van der Waals surface area contributed by atoms with Crippen LogP contribution >= 0.6 is 15.9 Å². The summed E-state index contributed by atoms with van der Waals surface area (Å²) in [5, 5.41) is 2.88. The van der Waals surface area contributed by atoms with E-state index < -0.39 is 0 Å². The van der Waals surface area contributed by atoms with Crippen LogP contribution in [0.4, 0.5) is 0 Å². The summed E-state index contributed by atoms with van der Waals surface area (Å²) in [6.07, 6.45) is 0. The summed E-state index contributed by atoms with van der Waals surface area (Å²) in [5.74, 6) is 0.0370. The number of rotatable bonds is 4. The Balaban J connectivity index is 3.95. The van der Waals surface area contributed by atoms with E-state index in [1.807, 2.05) is 21.0 Å². The predicted octanol–water partition coefficient (Wildman–Crippen LogP) is 1.23. The molecule has 0 saturated carbocycles. The fourth-order valence-electron chi connectivity index (χ4n) is 0.602. The Morgan fingerprint density at radius 2 is 2.00 bits per heavy atom. The van der Waals surface area contributed by atoms with Crippen molar-refractivity contribution in [3.05, 3.63) is 0 Å². The summed E-state index contributed by atoms with van der Waals surface area (Å²) in [7, 11) is 4.01. The van der Waals surface area contributed by atoms with Crippen LogP contribution in [0.25, 0.3) is 0 Å². The van der Waals surface area contributed by atoms with Gasteiger partial charge in [-0.05, 0) is 34.9 Å². The Morgan fingerprint density at radius 3 is 2.31 bits per heavy atom. The van der Waals surface area contributed by atoms with Crippen molar-refractivity contribution < 1.29 is 4.79 Å². The molecule has 1 atom stereocenters. The maximum Gasteiger partial charge on any atom is 0.233 e. The van der Waals surface area contributed by atoms with Crippen molar-refractivity contribution in [3.8, 4) is 0 Å². The quantitative estimate of drug-likeness (QED) is 0.762. The summed E-state index contributed by atoms with van der Waals surface area (Å²) in [6, 6.07) is 0. The molecule has 78 valence electrons. The first-order chi connectivity index (χ1) is 5.77. The van der Waals surface area contributed by atoms with E-state index in [0.29, 0.717) is 6.54 Å². The molecule has 0 aliphatic rings. The molecule has 0 spiro atoms. The lowest BCUT2D eigenvalue weighted by atomic mass is 10.0. The average molecular weight is 251 g/mol. The lowest BCUT2D eigenvalue weighted by Gasteiger charge is -2.32. The highest BCUT2D eigenvalue weighted by atomic mass is 79.9. The zero-order valence-corrected chi connectivity index (χ0v) is 10.6. The van der Waals surface area contributed by atoms with Crippen molar-refractivity contribution in [1.82, 2.24) is 10.2 Å². The fourth-order valence-corrected chi connectivity index (χ4v) is 0.764. The fraction of sp³-hybridized carbons (Fsp3) is 0.889. The normalized spacial score (nSPS) is 14.4. The van der Waals surface area contributed by atoms with Crippen molar-refractivity contribution in [3.63, 3.8) is 0 Å². The molecule has 1 unspecified atom stereocenters. The van der Waals surface area contributed by atoms with E-state index in [9.17, 15) is 4.79 Å². The summed E-state index contributed by atoms with van der Waals surface area (Å²) in [4.78, 5) is 13.2. The molecule has 13 heavy (non-hydrogen) atoms. The number of carbonyl (C=O) groups excluding carboxylic acids is 1. The highest BCUT2D eigenvalue weighted by Crippen LogP contribution is 2.08. The van der Waals surface area contributed by atoms with Gasteiger partial charge >= 0.3 is 0 Å². The predicted molar refractivity (Wildman–Crippen MR) is 59.2 cm³/mol. The molecule has 4 heteroatoms. The van der Waals surface area contributed by atoms with E-state index in [-0.39, 0.29) is 16.3 Å². The molecule has 0 aromatic heterocycles. The van der Waals surface area contributed by atoms with Gasteiger partial charge in [-0.2, -0.15) is 0 Å². The molecule has 1 amide bonds. The molecule has 3 nitrogen and oxygen atoms in total. The van der Waals surface area contributed by atoms with Gasteiger partial charge in [-0.1, -0.05) is 15.9 Å². The molecule has 0 bridgehead atoms. The lowest BCUT2D eigenvalue weighted by Crippen LogP contribution is -2.49. The van der Waals surface area contributed by atoms with Gasteiger partial charge in [0.25, 0.3) is 0 Å². The second-order valence-electron chi connectivity index (χ2n) is 4.04. The zero-order chi connectivity index (χ0) is 10.6.